The average Bonchev–Trinajstić information content (AvgIpc) is 2.39. The minimum atomic E-state index is 0.571. The summed E-state index contributed by atoms with van der Waals surface area (Å²) in [7, 11) is 0. The summed E-state index contributed by atoms with van der Waals surface area (Å²) in [4.78, 5) is 0. The van der Waals surface area contributed by atoms with Crippen LogP contribution in [0.5, 0.6) is 5.75 Å². The first-order valence-corrected chi connectivity index (χ1v) is 7.49. The van der Waals surface area contributed by atoms with E-state index in [1.54, 1.807) is 0 Å². The fourth-order valence-corrected chi connectivity index (χ4v) is 2.30. The van der Waals surface area contributed by atoms with Crippen molar-refractivity contribution in [2.24, 2.45) is 0 Å². The van der Waals surface area contributed by atoms with E-state index in [1.807, 2.05) is 0 Å². The summed E-state index contributed by atoms with van der Waals surface area (Å²) in [5, 5.41) is 0. The lowest BCUT2D eigenvalue weighted by Crippen LogP contribution is -2.01. The van der Waals surface area contributed by atoms with Crippen molar-refractivity contribution in [3.8, 4) is 5.75 Å². The maximum atomic E-state index is 5.79. The third-order valence-electron chi connectivity index (χ3n) is 3.45. The van der Waals surface area contributed by atoms with Crippen molar-refractivity contribution in [3.05, 3.63) is 41.0 Å². The first-order chi connectivity index (χ1) is 9.10. The third kappa shape index (κ3) is 4.74. The maximum absolute atomic E-state index is 5.79. The second-order valence-electron chi connectivity index (χ2n) is 5.34. The Balaban J connectivity index is 2.85. The van der Waals surface area contributed by atoms with Crippen molar-refractivity contribution >= 4 is 0 Å². The Morgan fingerprint density at radius 3 is 2.47 bits per heavy atom. The number of hydrogen-bond acceptors (Lipinski definition) is 1. The van der Waals surface area contributed by atoms with E-state index in [1.165, 1.54) is 16.7 Å². The van der Waals surface area contributed by atoms with Gasteiger partial charge in [0.2, 0.25) is 0 Å². The number of benzene rings is 1. The predicted molar refractivity (Wildman–Crippen MR) is 84.2 cm³/mol. The summed E-state index contributed by atoms with van der Waals surface area (Å²) in [6, 6.07) is 4.49. The smallest absolute Gasteiger partial charge is 0.122 e. The van der Waals surface area contributed by atoms with Crippen LogP contribution >= 0.6 is 0 Å². The van der Waals surface area contributed by atoms with Crippen molar-refractivity contribution in [2.45, 2.75) is 59.8 Å². The van der Waals surface area contributed by atoms with Gasteiger partial charge in [0.15, 0.2) is 0 Å². The van der Waals surface area contributed by atoms with E-state index < -0.39 is 0 Å². The highest BCUT2D eigenvalue weighted by Gasteiger charge is 2.10. The summed E-state index contributed by atoms with van der Waals surface area (Å²) >= 11 is 0. The fraction of sp³-hybridized carbons (Fsp3) is 0.556. The molecule has 1 nitrogen and oxygen atoms in total. The minimum Gasteiger partial charge on any atom is -0.493 e. The lowest BCUT2D eigenvalue weighted by atomic mass is 9.91. The van der Waals surface area contributed by atoms with Gasteiger partial charge in [-0.3, -0.25) is 0 Å². The molecule has 1 unspecified atom stereocenters. The van der Waals surface area contributed by atoms with Crippen LogP contribution in [0.4, 0.5) is 0 Å². The largest absolute Gasteiger partial charge is 0.493 e. The highest BCUT2D eigenvalue weighted by molar-refractivity contribution is 5.43. The number of ether oxygens (including phenoxy) is 1. The molecule has 0 N–H and O–H groups in total. The summed E-state index contributed by atoms with van der Waals surface area (Å²) in [6.07, 6.45) is 7.83. The number of allylic oxidation sites excluding steroid dienone is 2. The molecule has 1 aromatic carbocycles. The van der Waals surface area contributed by atoms with E-state index in [2.05, 4.69) is 58.9 Å². The molecule has 0 heterocycles. The van der Waals surface area contributed by atoms with Gasteiger partial charge >= 0.3 is 0 Å². The minimum absolute atomic E-state index is 0.571. The van der Waals surface area contributed by atoms with Gasteiger partial charge in [0, 0.05) is 0 Å². The van der Waals surface area contributed by atoms with Crippen LogP contribution in [0.25, 0.3) is 0 Å². The molecule has 1 atom stereocenters. The third-order valence-corrected chi connectivity index (χ3v) is 3.45. The quantitative estimate of drug-likeness (QED) is 0.584. The average molecular weight is 260 g/mol. The highest BCUT2D eigenvalue weighted by Crippen LogP contribution is 2.29. The molecule has 1 heteroatoms. The van der Waals surface area contributed by atoms with Crippen molar-refractivity contribution < 1.29 is 4.74 Å². The molecule has 0 saturated carbocycles. The summed E-state index contributed by atoms with van der Waals surface area (Å²) in [5.41, 5.74) is 4.04. The first-order valence-electron chi connectivity index (χ1n) is 7.49. The number of rotatable bonds is 7. The molecule has 0 radical (unpaired) electrons. The monoisotopic (exact) mass is 260 g/mol. The van der Waals surface area contributed by atoms with Crippen LogP contribution in [0.1, 0.15) is 62.6 Å². The van der Waals surface area contributed by atoms with Gasteiger partial charge in [-0.05, 0) is 61.8 Å². The molecule has 19 heavy (non-hydrogen) atoms. The molecule has 0 fully saturated rings. The maximum Gasteiger partial charge on any atom is 0.122 e. The molecule has 0 bridgehead atoms. The second kappa shape index (κ2) is 8.04. The number of aryl methyl sites for hydroxylation is 2. The molecular weight excluding hydrogens is 232 g/mol. The fourth-order valence-electron chi connectivity index (χ4n) is 2.30. The van der Waals surface area contributed by atoms with Crippen LogP contribution in [-0.2, 0) is 0 Å². The standard InChI is InChI=1S/C18H28O/c1-6-8-9-10-14(3)17-12-16(5)18(13-15(17)4)19-11-7-2/h8-9,12-14H,6-7,10-11H2,1-5H3/b9-8-. The highest BCUT2D eigenvalue weighted by atomic mass is 16.5. The van der Waals surface area contributed by atoms with Gasteiger partial charge in [-0.1, -0.05) is 39.0 Å². The van der Waals surface area contributed by atoms with E-state index in [9.17, 15) is 0 Å². The van der Waals surface area contributed by atoms with Gasteiger partial charge in [-0.25, -0.2) is 0 Å². The molecule has 0 aliphatic carbocycles. The Morgan fingerprint density at radius 2 is 1.84 bits per heavy atom. The zero-order valence-electron chi connectivity index (χ0n) is 13.1. The molecule has 1 aromatic rings. The SMILES string of the molecule is CC/C=C\CC(C)c1cc(C)c(OCCC)cc1C. The second-order valence-corrected chi connectivity index (χ2v) is 5.34. The Kier molecular flexibility index (Phi) is 6.69. The van der Waals surface area contributed by atoms with E-state index >= 15 is 0 Å². The Labute approximate surface area is 118 Å². The molecule has 1 rings (SSSR count). The molecule has 0 aliphatic heterocycles. The van der Waals surface area contributed by atoms with Crippen molar-refractivity contribution in [2.75, 3.05) is 6.61 Å². The Morgan fingerprint density at radius 1 is 1.11 bits per heavy atom. The summed E-state index contributed by atoms with van der Waals surface area (Å²) < 4.78 is 5.79. The van der Waals surface area contributed by atoms with Gasteiger partial charge < -0.3 is 4.74 Å². The van der Waals surface area contributed by atoms with Crippen LogP contribution in [0, 0.1) is 13.8 Å². The van der Waals surface area contributed by atoms with E-state index in [-0.39, 0.29) is 0 Å². The summed E-state index contributed by atoms with van der Waals surface area (Å²) in [5.74, 6) is 1.61. The molecule has 106 valence electrons. The van der Waals surface area contributed by atoms with Crippen molar-refractivity contribution in [1.82, 2.24) is 0 Å². The normalized spacial score (nSPS) is 12.9. The van der Waals surface area contributed by atoms with Gasteiger partial charge in [0.25, 0.3) is 0 Å². The molecule has 0 aliphatic rings. The van der Waals surface area contributed by atoms with Crippen molar-refractivity contribution in [3.63, 3.8) is 0 Å². The Hall–Kier alpha value is -1.24. The molecule has 0 aromatic heterocycles. The van der Waals surface area contributed by atoms with Crippen LogP contribution < -0.4 is 4.74 Å². The molecule has 0 saturated heterocycles. The zero-order chi connectivity index (χ0) is 14.3. The van der Waals surface area contributed by atoms with E-state index in [4.69, 9.17) is 4.74 Å². The van der Waals surface area contributed by atoms with Crippen LogP contribution in [0.15, 0.2) is 24.3 Å². The van der Waals surface area contributed by atoms with Gasteiger partial charge in [0.05, 0.1) is 6.61 Å². The Bertz CT molecular complexity index is 418. The molecular formula is C18H28O. The van der Waals surface area contributed by atoms with Crippen LogP contribution in [0.3, 0.4) is 0 Å². The summed E-state index contributed by atoms with van der Waals surface area (Å²) in [6.45, 7) is 11.7. The lowest BCUT2D eigenvalue weighted by molar-refractivity contribution is 0.315. The molecule has 0 spiro atoms. The number of hydrogen-bond donors (Lipinski definition) is 0. The zero-order valence-corrected chi connectivity index (χ0v) is 13.1. The molecule has 0 amide bonds. The topological polar surface area (TPSA) is 9.23 Å². The van der Waals surface area contributed by atoms with Gasteiger partial charge in [0.1, 0.15) is 5.75 Å². The van der Waals surface area contributed by atoms with Crippen LogP contribution in [-0.4, -0.2) is 6.61 Å². The first kappa shape index (κ1) is 15.8. The van der Waals surface area contributed by atoms with Gasteiger partial charge in [-0.2, -0.15) is 0 Å². The van der Waals surface area contributed by atoms with Gasteiger partial charge in [-0.15, -0.1) is 0 Å². The predicted octanol–water partition coefficient (Wildman–Crippen LogP) is 5.55. The van der Waals surface area contributed by atoms with E-state index in [0.717, 1.165) is 31.6 Å². The van der Waals surface area contributed by atoms with Crippen molar-refractivity contribution in [1.29, 1.82) is 0 Å². The lowest BCUT2D eigenvalue weighted by Gasteiger charge is -2.17. The van der Waals surface area contributed by atoms with Crippen LogP contribution in [0.2, 0.25) is 0 Å². The van der Waals surface area contributed by atoms with E-state index in [0.29, 0.717) is 5.92 Å².